The van der Waals surface area contributed by atoms with Gasteiger partial charge < -0.3 is 39.6 Å². The maximum atomic E-state index is 14.1. The number of carboxylic acids is 1. The van der Waals surface area contributed by atoms with Crippen LogP contribution in [0.4, 0.5) is 4.79 Å². The number of hydrogen-bond donors (Lipinski definition) is 3. The van der Waals surface area contributed by atoms with Gasteiger partial charge in [0.1, 0.15) is 35.3 Å². The highest BCUT2D eigenvalue weighted by atomic mass is 16.6. The number of carbonyl (C=O) groups is 4. The number of amides is 3. The number of benzene rings is 1. The first-order valence-electron chi connectivity index (χ1n) is 18.3. The predicted molar refractivity (Wildman–Crippen MR) is 188 cm³/mol. The highest BCUT2D eigenvalue weighted by molar-refractivity contribution is 5.95. The van der Waals surface area contributed by atoms with Crippen molar-refractivity contribution in [3.05, 3.63) is 35.9 Å². The number of nitrogens with one attached hydrogen (secondary N) is 2. The third-order valence-electron chi connectivity index (χ3n) is 10.5. The van der Waals surface area contributed by atoms with Gasteiger partial charge in [-0.1, -0.05) is 18.6 Å². The second kappa shape index (κ2) is 15.4. The molecule has 2 saturated carbocycles. The number of pyridine rings is 1. The van der Waals surface area contributed by atoms with Gasteiger partial charge in [-0.15, -0.1) is 0 Å². The van der Waals surface area contributed by atoms with E-state index in [-0.39, 0.29) is 49.8 Å². The summed E-state index contributed by atoms with van der Waals surface area (Å²) in [6.45, 7) is 5.79. The van der Waals surface area contributed by atoms with E-state index >= 15 is 0 Å². The van der Waals surface area contributed by atoms with E-state index in [1.807, 2.05) is 45.1 Å². The zero-order chi connectivity index (χ0) is 36.3. The molecular formula is C38H50N4O9. The maximum absolute atomic E-state index is 14.1. The molecule has 0 radical (unpaired) electrons. The SMILES string of the molecule is COc1ccc2c(O[C@@H]3C[C@H]4C(=O)N[C@]5(C(=O)O)C[C@H]5/C=C\CCCC[C@H](NC(=O)OC5CCCC5)CC(=O)N4C3)cc(OC(C)C)nc2c1C. The number of fused-ring (bicyclic) bond motifs is 3. The summed E-state index contributed by atoms with van der Waals surface area (Å²) >= 11 is 0. The number of aliphatic carboxylic acids is 1. The van der Waals surface area contributed by atoms with Crippen molar-refractivity contribution in [1.82, 2.24) is 20.5 Å². The molecule has 1 aromatic heterocycles. The number of nitrogens with zero attached hydrogens (tertiary/aromatic N) is 2. The molecule has 1 saturated heterocycles. The summed E-state index contributed by atoms with van der Waals surface area (Å²) < 4.78 is 23.8. The lowest BCUT2D eigenvalue weighted by Crippen LogP contribution is -2.53. The van der Waals surface area contributed by atoms with Gasteiger partial charge >= 0.3 is 12.1 Å². The summed E-state index contributed by atoms with van der Waals surface area (Å²) in [5, 5.41) is 16.6. The fourth-order valence-corrected chi connectivity index (χ4v) is 7.66. The van der Waals surface area contributed by atoms with Crippen molar-refractivity contribution in [3.8, 4) is 17.4 Å². The van der Waals surface area contributed by atoms with Crippen molar-refractivity contribution >= 4 is 34.8 Å². The summed E-state index contributed by atoms with van der Waals surface area (Å²) in [5.41, 5.74) is 0.0229. The van der Waals surface area contributed by atoms with Gasteiger partial charge in [0.25, 0.3) is 0 Å². The monoisotopic (exact) mass is 706 g/mol. The predicted octanol–water partition coefficient (Wildman–Crippen LogP) is 5.20. The minimum Gasteiger partial charge on any atom is -0.496 e. The molecule has 0 bridgehead atoms. The Morgan fingerprint density at radius 1 is 1.08 bits per heavy atom. The van der Waals surface area contributed by atoms with Crippen molar-refractivity contribution in [2.24, 2.45) is 5.92 Å². The summed E-state index contributed by atoms with van der Waals surface area (Å²) in [4.78, 5) is 59.7. The number of methoxy groups -OCH3 is 1. The second-order valence-electron chi connectivity index (χ2n) is 14.6. The first kappa shape index (κ1) is 36.2. The molecule has 13 heteroatoms. The minimum atomic E-state index is -1.42. The molecule has 2 aliphatic heterocycles. The van der Waals surface area contributed by atoms with Crippen LogP contribution in [0.25, 0.3) is 10.9 Å². The Morgan fingerprint density at radius 3 is 2.57 bits per heavy atom. The second-order valence-corrected chi connectivity index (χ2v) is 14.6. The van der Waals surface area contributed by atoms with Crippen LogP contribution < -0.4 is 24.8 Å². The zero-order valence-electron chi connectivity index (χ0n) is 29.9. The number of aromatic nitrogens is 1. The van der Waals surface area contributed by atoms with Gasteiger partial charge in [-0.05, 0) is 84.3 Å². The number of carboxylic acid groups (broad SMARTS) is 1. The number of alkyl carbamates (subject to hydrolysis) is 1. The largest absolute Gasteiger partial charge is 0.496 e. The number of carbonyl (C=O) groups excluding carboxylic acids is 3. The Morgan fingerprint density at radius 2 is 1.84 bits per heavy atom. The third kappa shape index (κ3) is 8.18. The summed E-state index contributed by atoms with van der Waals surface area (Å²) in [6.07, 6.45) is 9.32. The lowest BCUT2D eigenvalue weighted by Gasteiger charge is -2.27. The van der Waals surface area contributed by atoms with E-state index in [0.29, 0.717) is 34.7 Å². The van der Waals surface area contributed by atoms with Gasteiger partial charge in [-0.3, -0.25) is 9.59 Å². The van der Waals surface area contributed by atoms with Crippen LogP contribution in [0.15, 0.2) is 30.4 Å². The highest BCUT2D eigenvalue weighted by Crippen LogP contribution is 2.45. The van der Waals surface area contributed by atoms with Crippen LogP contribution in [0.3, 0.4) is 0 Å². The van der Waals surface area contributed by atoms with Crippen LogP contribution in [-0.2, 0) is 19.1 Å². The van der Waals surface area contributed by atoms with Crippen molar-refractivity contribution in [1.29, 1.82) is 0 Å². The Labute approximate surface area is 298 Å². The van der Waals surface area contributed by atoms with Gasteiger partial charge in [0.15, 0.2) is 0 Å². The molecule has 1 aromatic carbocycles. The third-order valence-corrected chi connectivity index (χ3v) is 10.5. The molecule has 2 aromatic rings. The average Bonchev–Trinajstić information content (AvgIpc) is 3.35. The molecule has 276 valence electrons. The van der Waals surface area contributed by atoms with Crippen molar-refractivity contribution in [3.63, 3.8) is 0 Å². The summed E-state index contributed by atoms with van der Waals surface area (Å²) in [7, 11) is 1.59. The van der Waals surface area contributed by atoms with Gasteiger partial charge in [-0.25, -0.2) is 14.6 Å². The highest BCUT2D eigenvalue weighted by Gasteiger charge is 2.61. The Kier molecular flexibility index (Phi) is 10.9. The summed E-state index contributed by atoms with van der Waals surface area (Å²) in [5.74, 6) is -0.823. The van der Waals surface area contributed by atoms with Crippen molar-refractivity contribution in [2.45, 2.75) is 127 Å². The first-order chi connectivity index (χ1) is 24.5. The van der Waals surface area contributed by atoms with E-state index in [2.05, 4.69) is 10.6 Å². The van der Waals surface area contributed by atoms with Crippen LogP contribution in [0.2, 0.25) is 0 Å². The first-order valence-corrected chi connectivity index (χ1v) is 18.3. The minimum absolute atomic E-state index is 0.0393. The van der Waals surface area contributed by atoms with Crippen LogP contribution >= 0.6 is 0 Å². The number of hydrogen-bond acceptors (Lipinski definition) is 9. The molecule has 5 atom stereocenters. The normalized spacial score (nSPS) is 27.8. The standard InChI is InChI=1S/C38H50N4O9/c1-22(2)49-32-19-31(28-15-16-30(48-4)23(3)34(28)40-32)50-27-18-29-35(44)41-38(36(45)46)20-24(38)11-7-5-6-8-12-25(17-33(43)42(29)21-27)39-37(47)51-26-13-9-10-14-26/h7,11,15-16,19,22,24-27,29H,5-6,8-10,12-14,17-18,20-21H2,1-4H3,(H,39,47)(H,41,44)(H,45,46)/b11-7-/t24-,25+,27-,29+,38-/m1/s1. The van der Waals surface area contributed by atoms with Crippen LogP contribution in [-0.4, -0.2) is 88.5 Å². The van der Waals surface area contributed by atoms with Crippen molar-refractivity contribution in [2.75, 3.05) is 13.7 Å². The molecule has 6 rings (SSSR count). The number of rotatable bonds is 8. The molecular weight excluding hydrogens is 656 g/mol. The molecule has 51 heavy (non-hydrogen) atoms. The molecule has 3 N–H and O–H groups in total. The topological polar surface area (TPSA) is 166 Å². The Bertz CT molecular complexity index is 1670. The Hall–Kier alpha value is -4.55. The number of ether oxygens (including phenoxy) is 4. The lowest BCUT2D eigenvalue weighted by atomic mass is 10.0. The van der Waals surface area contributed by atoms with Gasteiger partial charge in [0, 0.05) is 41.8 Å². The fraction of sp³-hybridized carbons (Fsp3) is 0.605. The smallest absolute Gasteiger partial charge is 0.407 e. The lowest BCUT2D eigenvalue weighted by molar-refractivity contribution is -0.145. The fourth-order valence-electron chi connectivity index (χ4n) is 7.66. The maximum Gasteiger partial charge on any atom is 0.407 e. The van der Waals surface area contributed by atoms with E-state index < -0.39 is 41.7 Å². The Balaban J connectivity index is 1.28. The van der Waals surface area contributed by atoms with Gasteiger partial charge in [-0.2, -0.15) is 0 Å². The average molecular weight is 707 g/mol. The molecule has 4 aliphatic rings. The van der Waals surface area contributed by atoms with Gasteiger partial charge in [0.2, 0.25) is 17.7 Å². The van der Waals surface area contributed by atoms with E-state index in [9.17, 15) is 24.3 Å². The molecule has 3 amide bonds. The van der Waals surface area contributed by atoms with Crippen LogP contribution in [0.5, 0.6) is 17.4 Å². The molecule has 3 fully saturated rings. The number of aryl methyl sites for hydroxylation is 1. The number of allylic oxidation sites excluding steroid dienone is 1. The molecule has 0 unspecified atom stereocenters. The van der Waals surface area contributed by atoms with Crippen LogP contribution in [0, 0.1) is 12.8 Å². The molecule has 13 nitrogen and oxygen atoms in total. The van der Waals surface area contributed by atoms with Crippen molar-refractivity contribution < 1.29 is 43.2 Å². The van der Waals surface area contributed by atoms with Gasteiger partial charge in [0.05, 0.1) is 25.3 Å². The van der Waals surface area contributed by atoms with E-state index in [0.717, 1.165) is 50.5 Å². The van der Waals surface area contributed by atoms with E-state index in [1.165, 1.54) is 4.90 Å². The van der Waals surface area contributed by atoms with E-state index in [1.54, 1.807) is 13.2 Å². The molecule has 2 aliphatic carbocycles. The quantitative estimate of drug-likeness (QED) is 0.311. The summed E-state index contributed by atoms with van der Waals surface area (Å²) in [6, 6.07) is 3.92. The molecule has 0 spiro atoms. The molecule has 3 heterocycles. The zero-order valence-corrected chi connectivity index (χ0v) is 29.9. The van der Waals surface area contributed by atoms with E-state index in [4.69, 9.17) is 23.9 Å². The van der Waals surface area contributed by atoms with Crippen LogP contribution in [0.1, 0.15) is 90.0 Å².